The third-order valence-electron chi connectivity index (χ3n) is 2.26. The summed E-state index contributed by atoms with van der Waals surface area (Å²) >= 11 is 0. The maximum absolute atomic E-state index is 11.3. The summed E-state index contributed by atoms with van der Waals surface area (Å²) in [4.78, 5) is 11.3. The van der Waals surface area contributed by atoms with Crippen LogP contribution in [0.2, 0.25) is 0 Å². The van der Waals surface area contributed by atoms with Crippen LogP contribution in [0.15, 0.2) is 0 Å². The summed E-state index contributed by atoms with van der Waals surface area (Å²) in [5.74, 6) is -0.269. The van der Waals surface area contributed by atoms with Crippen LogP contribution in [0.5, 0.6) is 0 Å². The summed E-state index contributed by atoms with van der Waals surface area (Å²) in [7, 11) is 0.297. The van der Waals surface area contributed by atoms with Gasteiger partial charge in [0.1, 0.15) is 6.04 Å². The molecule has 0 bridgehead atoms. The van der Waals surface area contributed by atoms with Crippen LogP contribution in [0.1, 0.15) is 19.3 Å². The number of carbonyl (C=O) groups excluding carboxylic acids is 1. The van der Waals surface area contributed by atoms with Gasteiger partial charge in [0, 0.05) is 12.8 Å². The fraction of sp³-hybridized carbons (Fsp3) is 0.875. The average molecular weight is 205 g/mol. The molecule has 1 fully saturated rings. The fourth-order valence-electron chi connectivity index (χ4n) is 1.58. The lowest BCUT2D eigenvalue weighted by Gasteiger charge is -2.30. The Kier molecular flexibility index (Phi) is 3.87. The van der Waals surface area contributed by atoms with E-state index in [1.165, 1.54) is 7.11 Å². The minimum atomic E-state index is -1.07. The first-order valence-corrected chi connectivity index (χ1v) is 5.86. The molecule has 1 aliphatic rings. The van der Waals surface area contributed by atoms with Crippen LogP contribution in [-0.4, -0.2) is 40.4 Å². The van der Waals surface area contributed by atoms with Crippen molar-refractivity contribution in [3.05, 3.63) is 0 Å². The van der Waals surface area contributed by atoms with Gasteiger partial charge in [0.2, 0.25) is 0 Å². The van der Waals surface area contributed by atoms with Crippen molar-refractivity contribution in [2.45, 2.75) is 25.3 Å². The number of esters is 1. The van der Waals surface area contributed by atoms with E-state index in [0.717, 1.165) is 25.8 Å². The van der Waals surface area contributed by atoms with Gasteiger partial charge in [0.25, 0.3) is 0 Å². The second-order valence-electron chi connectivity index (χ2n) is 3.10. The lowest BCUT2D eigenvalue weighted by atomic mass is 10.1. The fourth-order valence-corrected chi connectivity index (χ4v) is 2.52. The Bertz CT molecular complexity index is 219. The van der Waals surface area contributed by atoms with Gasteiger partial charge in [-0.1, -0.05) is 0 Å². The highest BCUT2D eigenvalue weighted by atomic mass is 32.2. The molecule has 0 aromatic rings. The van der Waals surface area contributed by atoms with E-state index in [9.17, 15) is 9.00 Å². The van der Waals surface area contributed by atoms with Crippen LogP contribution in [0.25, 0.3) is 0 Å². The van der Waals surface area contributed by atoms with E-state index in [0.29, 0.717) is 0 Å². The number of ether oxygens (including phenoxy) is 1. The van der Waals surface area contributed by atoms with Gasteiger partial charge >= 0.3 is 5.97 Å². The van der Waals surface area contributed by atoms with Crippen LogP contribution in [0.3, 0.4) is 0 Å². The second kappa shape index (κ2) is 4.72. The van der Waals surface area contributed by atoms with Crippen LogP contribution >= 0.6 is 0 Å². The number of hydrogen-bond acceptors (Lipinski definition) is 3. The highest BCUT2D eigenvalue weighted by molar-refractivity contribution is 7.81. The second-order valence-corrected chi connectivity index (χ2v) is 4.42. The molecule has 0 aromatic carbocycles. The predicted molar refractivity (Wildman–Crippen MR) is 50.4 cm³/mol. The summed E-state index contributed by atoms with van der Waals surface area (Å²) in [6.45, 7) is 0.725. The smallest absolute Gasteiger partial charge is 0.324 e. The molecule has 13 heavy (non-hydrogen) atoms. The molecule has 0 radical (unpaired) electrons. The Hall–Kier alpha value is -0.420. The van der Waals surface area contributed by atoms with Gasteiger partial charge < -0.3 is 4.74 Å². The molecule has 1 saturated heterocycles. The Morgan fingerprint density at radius 2 is 2.23 bits per heavy atom. The Morgan fingerprint density at radius 3 is 2.77 bits per heavy atom. The van der Waals surface area contributed by atoms with Gasteiger partial charge in [-0.2, -0.15) is 0 Å². The molecule has 2 unspecified atom stereocenters. The zero-order valence-electron chi connectivity index (χ0n) is 7.99. The van der Waals surface area contributed by atoms with Gasteiger partial charge in [-0.15, -0.1) is 0 Å². The standard InChI is InChI=1S/C8H15NO3S/c1-12-8(10)7-5-3-4-6-9(7)13(2)11/h7H,3-6H2,1-2H3. The zero-order valence-corrected chi connectivity index (χ0v) is 8.80. The van der Waals surface area contributed by atoms with Crippen molar-refractivity contribution in [2.24, 2.45) is 0 Å². The molecule has 0 amide bonds. The van der Waals surface area contributed by atoms with E-state index in [-0.39, 0.29) is 12.0 Å². The van der Waals surface area contributed by atoms with Crippen molar-refractivity contribution >= 4 is 17.0 Å². The minimum Gasteiger partial charge on any atom is -0.468 e. The number of nitrogens with zero attached hydrogens (tertiary/aromatic N) is 1. The molecule has 5 heteroatoms. The molecular weight excluding hydrogens is 190 g/mol. The monoisotopic (exact) mass is 205 g/mol. The number of piperidine rings is 1. The van der Waals surface area contributed by atoms with Crippen LogP contribution in [0, 0.1) is 0 Å². The summed E-state index contributed by atoms with van der Waals surface area (Å²) in [5, 5.41) is 0. The van der Waals surface area contributed by atoms with E-state index < -0.39 is 11.0 Å². The van der Waals surface area contributed by atoms with Crippen molar-refractivity contribution in [3.8, 4) is 0 Å². The van der Waals surface area contributed by atoms with E-state index in [1.54, 1.807) is 10.6 Å². The summed E-state index contributed by atoms with van der Waals surface area (Å²) in [6.07, 6.45) is 4.37. The lowest BCUT2D eigenvalue weighted by molar-refractivity contribution is -0.145. The first-order valence-electron chi connectivity index (χ1n) is 4.35. The maximum atomic E-state index is 11.3. The van der Waals surface area contributed by atoms with Gasteiger partial charge in [0.15, 0.2) is 0 Å². The average Bonchev–Trinajstić information content (AvgIpc) is 2.16. The van der Waals surface area contributed by atoms with Crippen LogP contribution in [-0.2, 0) is 20.5 Å². The molecule has 1 heterocycles. The van der Waals surface area contributed by atoms with Crippen molar-refractivity contribution in [3.63, 3.8) is 0 Å². The third-order valence-corrected chi connectivity index (χ3v) is 3.35. The van der Waals surface area contributed by atoms with Crippen LogP contribution < -0.4 is 0 Å². The first kappa shape index (κ1) is 10.7. The van der Waals surface area contributed by atoms with Crippen molar-refractivity contribution in [2.75, 3.05) is 19.9 Å². The number of hydrogen-bond donors (Lipinski definition) is 0. The molecule has 0 saturated carbocycles. The van der Waals surface area contributed by atoms with Gasteiger partial charge in [0.05, 0.1) is 18.1 Å². The maximum Gasteiger partial charge on any atom is 0.324 e. The molecule has 2 atom stereocenters. The number of carbonyl (C=O) groups is 1. The van der Waals surface area contributed by atoms with Gasteiger partial charge in [-0.25, -0.2) is 8.51 Å². The lowest BCUT2D eigenvalue weighted by Crippen LogP contribution is -2.45. The molecule has 0 aliphatic carbocycles. The molecule has 76 valence electrons. The van der Waals surface area contributed by atoms with Gasteiger partial charge in [-0.05, 0) is 19.3 Å². The Labute approximate surface area is 80.8 Å². The number of rotatable bonds is 2. The SMILES string of the molecule is COC(=O)C1CCCCN1S(C)=O. The molecular formula is C8H15NO3S. The van der Waals surface area contributed by atoms with Gasteiger partial charge in [-0.3, -0.25) is 4.79 Å². The zero-order chi connectivity index (χ0) is 9.84. The van der Waals surface area contributed by atoms with Crippen molar-refractivity contribution in [1.29, 1.82) is 0 Å². The molecule has 4 nitrogen and oxygen atoms in total. The largest absolute Gasteiger partial charge is 0.468 e. The molecule has 0 spiro atoms. The topological polar surface area (TPSA) is 46.6 Å². The van der Waals surface area contributed by atoms with E-state index in [4.69, 9.17) is 0 Å². The highest BCUT2D eigenvalue weighted by Crippen LogP contribution is 2.18. The third kappa shape index (κ3) is 2.51. The van der Waals surface area contributed by atoms with E-state index >= 15 is 0 Å². The predicted octanol–water partition coefficient (Wildman–Crippen LogP) is 0.307. The first-order chi connectivity index (χ1) is 6.16. The van der Waals surface area contributed by atoms with Crippen molar-refractivity contribution in [1.82, 2.24) is 4.31 Å². The minimum absolute atomic E-state index is 0.269. The molecule has 0 aromatic heterocycles. The Balaban J connectivity index is 2.67. The summed E-state index contributed by atoms with van der Waals surface area (Å²) < 4.78 is 17.6. The van der Waals surface area contributed by atoms with E-state index in [1.807, 2.05) is 0 Å². The van der Waals surface area contributed by atoms with Crippen molar-refractivity contribution < 1.29 is 13.7 Å². The highest BCUT2D eigenvalue weighted by Gasteiger charge is 2.31. The normalized spacial score (nSPS) is 26.8. The molecule has 1 rings (SSSR count). The van der Waals surface area contributed by atoms with Crippen LogP contribution in [0.4, 0.5) is 0 Å². The summed E-state index contributed by atoms with van der Waals surface area (Å²) in [6, 6.07) is -0.301. The molecule has 1 aliphatic heterocycles. The number of methoxy groups -OCH3 is 1. The van der Waals surface area contributed by atoms with E-state index in [2.05, 4.69) is 4.74 Å². The Morgan fingerprint density at radius 1 is 1.54 bits per heavy atom. The summed E-state index contributed by atoms with van der Waals surface area (Å²) in [5.41, 5.74) is 0. The molecule has 0 N–H and O–H groups in total. The quantitative estimate of drug-likeness (QED) is 0.609.